The Bertz CT molecular complexity index is 279. The van der Waals surface area contributed by atoms with Crippen LogP contribution in [0.5, 0.6) is 0 Å². The summed E-state index contributed by atoms with van der Waals surface area (Å²) >= 11 is 0. The molecule has 0 spiro atoms. The standard InChI is InChI=1S/C10H17N3/c1-7-3-4-10-9(6-12-13-10)8(7)5-11-2/h6-8,11H,3-5H2,1-2H3,(H,12,13). The molecule has 0 saturated heterocycles. The van der Waals surface area contributed by atoms with Crippen molar-refractivity contribution in [3.05, 3.63) is 17.5 Å². The average molecular weight is 179 g/mol. The van der Waals surface area contributed by atoms with E-state index in [9.17, 15) is 0 Å². The minimum absolute atomic E-state index is 0.646. The normalized spacial score (nSPS) is 27.2. The van der Waals surface area contributed by atoms with E-state index in [2.05, 4.69) is 22.4 Å². The lowest BCUT2D eigenvalue weighted by molar-refractivity contribution is 0.391. The number of hydrogen-bond donors (Lipinski definition) is 2. The van der Waals surface area contributed by atoms with Gasteiger partial charge in [0.05, 0.1) is 6.20 Å². The molecule has 1 aromatic heterocycles. The number of H-pyrrole nitrogens is 1. The summed E-state index contributed by atoms with van der Waals surface area (Å²) in [6, 6.07) is 0. The Labute approximate surface area is 78.9 Å². The summed E-state index contributed by atoms with van der Waals surface area (Å²) < 4.78 is 0. The summed E-state index contributed by atoms with van der Waals surface area (Å²) in [6.07, 6.45) is 4.44. The third-order valence-corrected chi connectivity index (χ3v) is 3.11. The van der Waals surface area contributed by atoms with Crippen molar-refractivity contribution in [3.8, 4) is 0 Å². The first kappa shape index (κ1) is 8.75. The van der Waals surface area contributed by atoms with Crippen molar-refractivity contribution in [1.82, 2.24) is 15.5 Å². The van der Waals surface area contributed by atoms with Gasteiger partial charge in [-0.2, -0.15) is 5.10 Å². The van der Waals surface area contributed by atoms with E-state index in [1.54, 1.807) is 0 Å². The summed E-state index contributed by atoms with van der Waals surface area (Å²) in [5, 5.41) is 10.5. The van der Waals surface area contributed by atoms with Crippen LogP contribution in [0, 0.1) is 5.92 Å². The van der Waals surface area contributed by atoms with Crippen LogP contribution in [0.25, 0.3) is 0 Å². The molecule has 2 atom stereocenters. The number of fused-ring (bicyclic) bond motifs is 1. The lowest BCUT2D eigenvalue weighted by atomic mass is 9.79. The summed E-state index contributed by atoms with van der Waals surface area (Å²) in [4.78, 5) is 0. The Morgan fingerprint density at radius 1 is 1.69 bits per heavy atom. The molecule has 0 saturated carbocycles. The fraction of sp³-hybridized carbons (Fsp3) is 0.700. The molecule has 1 aliphatic carbocycles. The summed E-state index contributed by atoms with van der Waals surface area (Å²) in [7, 11) is 2.01. The van der Waals surface area contributed by atoms with Crippen molar-refractivity contribution in [1.29, 1.82) is 0 Å². The first-order valence-electron chi connectivity index (χ1n) is 4.99. The van der Waals surface area contributed by atoms with E-state index in [4.69, 9.17) is 0 Å². The third kappa shape index (κ3) is 1.48. The molecule has 0 aromatic carbocycles. The molecule has 0 radical (unpaired) electrons. The van der Waals surface area contributed by atoms with Crippen LogP contribution in [-0.4, -0.2) is 23.8 Å². The van der Waals surface area contributed by atoms with E-state index in [0.29, 0.717) is 5.92 Å². The molecule has 1 heterocycles. The zero-order valence-corrected chi connectivity index (χ0v) is 8.30. The fourth-order valence-corrected chi connectivity index (χ4v) is 2.25. The van der Waals surface area contributed by atoms with Crippen molar-refractivity contribution < 1.29 is 0 Å². The van der Waals surface area contributed by atoms with Gasteiger partial charge in [0.1, 0.15) is 0 Å². The largest absolute Gasteiger partial charge is 0.319 e. The number of nitrogens with zero attached hydrogens (tertiary/aromatic N) is 1. The maximum Gasteiger partial charge on any atom is 0.0525 e. The van der Waals surface area contributed by atoms with Crippen LogP contribution in [0.1, 0.15) is 30.5 Å². The van der Waals surface area contributed by atoms with Crippen LogP contribution in [0.15, 0.2) is 6.20 Å². The quantitative estimate of drug-likeness (QED) is 0.718. The Morgan fingerprint density at radius 2 is 2.54 bits per heavy atom. The maximum absolute atomic E-state index is 4.12. The smallest absolute Gasteiger partial charge is 0.0525 e. The molecule has 72 valence electrons. The molecule has 0 bridgehead atoms. The van der Waals surface area contributed by atoms with E-state index in [-0.39, 0.29) is 0 Å². The van der Waals surface area contributed by atoms with Crippen molar-refractivity contribution in [2.75, 3.05) is 13.6 Å². The van der Waals surface area contributed by atoms with E-state index >= 15 is 0 Å². The Hall–Kier alpha value is -0.830. The minimum atomic E-state index is 0.646. The zero-order chi connectivity index (χ0) is 9.26. The van der Waals surface area contributed by atoms with Crippen molar-refractivity contribution in [3.63, 3.8) is 0 Å². The molecule has 13 heavy (non-hydrogen) atoms. The number of aromatic nitrogens is 2. The van der Waals surface area contributed by atoms with Gasteiger partial charge in [0.25, 0.3) is 0 Å². The average Bonchev–Trinajstić information content (AvgIpc) is 2.58. The lowest BCUT2D eigenvalue weighted by Crippen LogP contribution is -2.26. The fourth-order valence-electron chi connectivity index (χ4n) is 2.25. The monoisotopic (exact) mass is 179 g/mol. The molecule has 2 unspecified atom stereocenters. The van der Waals surface area contributed by atoms with Crippen LogP contribution in [-0.2, 0) is 6.42 Å². The van der Waals surface area contributed by atoms with Gasteiger partial charge in [-0.25, -0.2) is 0 Å². The highest BCUT2D eigenvalue weighted by Crippen LogP contribution is 2.34. The van der Waals surface area contributed by atoms with Gasteiger partial charge < -0.3 is 5.32 Å². The highest BCUT2D eigenvalue weighted by atomic mass is 15.1. The van der Waals surface area contributed by atoms with Gasteiger partial charge in [-0.15, -0.1) is 0 Å². The maximum atomic E-state index is 4.12. The molecular formula is C10H17N3. The van der Waals surface area contributed by atoms with Gasteiger partial charge in [-0.3, -0.25) is 5.10 Å². The molecule has 3 heteroatoms. The Kier molecular flexibility index (Phi) is 2.36. The van der Waals surface area contributed by atoms with Gasteiger partial charge in [-0.1, -0.05) is 6.92 Å². The number of nitrogens with one attached hydrogen (secondary N) is 2. The molecule has 1 aromatic rings. The van der Waals surface area contributed by atoms with E-state index in [1.165, 1.54) is 17.7 Å². The van der Waals surface area contributed by atoms with Gasteiger partial charge in [0, 0.05) is 18.2 Å². The van der Waals surface area contributed by atoms with E-state index in [1.807, 2.05) is 13.2 Å². The predicted molar refractivity (Wildman–Crippen MR) is 52.7 cm³/mol. The second-order valence-corrected chi connectivity index (χ2v) is 3.98. The first-order valence-corrected chi connectivity index (χ1v) is 4.99. The summed E-state index contributed by atoms with van der Waals surface area (Å²) in [5.41, 5.74) is 2.77. The second kappa shape index (κ2) is 3.50. The van der Waals surface area contributed by atoms with Gasteiger partial charge in [-0.05, 0) is 31.4 Å². The molecule has 1 aliphatic rings. The second-order valence-electron chi connectivity index (χ2n) is 3.98. The van der Waals surface area contributed by atoms with Gasteiger partial charge >= 0.3 is 0 Å². The molecule has 2 rings (SSSR count). The topological polar surface area (TPSA) is 40.7 Å². The number of aromatic amines is 1. The number of rotatable bonds is 2. The Balaban J connectivity index is 2.25. The van der Waals surface area contributed by atoms with Crippen molar-refractivity contribution >= 4 is 0 Å². The number of likely N-dealkylation sites (N-methyl/N-ethyl adjacent to an activating group) is 1. The molecule has 0 fully saturated rings. The first-order chi connectivity index (χ1) is 6.33. The van der Waals surface area contributed by atoms with Gasteiger partial charge in [0.2, 0.25) is 0 Å². The molecular weight excluding hydrogens is 162 g/mol. The molecule has 3 nitrogen and oxygen atoms in total. The predicted octanol–water partition coefficient (Wildman–Crippen LogP) is 1.29. The van der Waals surface area contributed by atoms with E-state index in [0.717, 1.165) is 18.9 Å². The zero-order valence-electron chi connectivity index (χ0n) is 8.30. The number of hydrogen-bond acceptors (Lipinski definition) is 2. The highest BCUT2D eigenvalue weighted by Gasteiger charge is 2.26. The molecule has 2 N–H and O–H groups in total. The van der Waals surface area contributed by atoms with Crippen LogP contribution in [0.2, 0.25) is 0 Å². The van der Waals surface area contributed by atoms with Crippen molar-refractivity contribution in [2.24, 2.45) is 5.92 Å². The highest BCUT2D eigenvalue weighted by molar-refractivity contribution is 5.25. The molecule has 0 aliphatic heterocycles. The summed E-state index contributed by atoms with van der Waals surface area (Å²) in [5.74, 6) is 1.42. The van der Waals surface area contributed by atoms with Crippen LogP contribution in [0.4, 0.5) is 0 Å². The van der Waals surface area contributed by atoms with Crippen LogP contribution >= 0.6 is 0 Å². The van der Waals surface area contributed by atoms with Crippen molar-refractivity contribution in [2.45, 2.75) is 25.7 Å². The molecule has 0 amide bonds. The minimum Gasteiger partial charge on any atom is -0.319 e. The Morgan fingerprint density at radius 3 is 3.31 bits per heavy atom. The third-order valence-electron chi connectivity index (χ3n) is 3.11. The van der Waals surface area contributed by atoms with E-state index < -0.39 is 0 Å². The number of aryl methyl sites for hydroxylation is 1. The summed E-state index contributed by atoms with van der Waals surface area (Å²) in [6.45, 7) is 3.39. The van der Waals surface area contributed by atoms with Gasteiger partial charge in [0.15, 0.2) is 0 Å². The van der Waals surface area contributed by atoms with Crippen LogP contribution in [0.3, 0.4) is 0 Å². The SMILES string of the molecule is CNCC1c2cn[nH]c2CCC1C. The lowest BCUT2D eigenvalue weighted by Gasteiger charge is -2.28. The van der Waals surface area contributed by atoms with Crippen LogP contribution < -0.4 is 5.32 Å².